The second-order valence-electron chi connectivity index (χ2n) is 3.31. The van der Waals surface area contributed by atoms with Gasteiger partial charge in [-0.25, -0.2) is 4.39 Å². The molecule has 0 saturated carbocycles. The van der Waals surface area contributed by atoms with Gasteiger partial charge in [0.2, 0.25) is 0 Å². The quantitative estimate of drug-likeness (QED) is 0.910. The highest BCUT2D eigenvalue weighted by atomic mass is 32.1. The minimum atomic E-state index is -0.407. The van der Waals surface area contributed by atoms with Crippen molar-refractivity contribution in [3.05, 3.63) is 46.4 Å². The smallest absolute Gasteiger partial charge is 0.256 e. The van der Waals surface area contributed by atoms with E-state index in [1.807, 2.05) is 5.38 Å². The predicted octanol–water partition coefficient (Wildman–Crippen LogP) is 3.15. The van der Waals surface area contributed by atoms with E-state index in [1.54, 1.807) is 11.4 Å². The SMILES string of the molecule is COc1cc(F)ccc1NC(=O)c1ccsc1. The molecule has 0 aliphatic rings. The van der Waals surface area contributed by atoms with E-state index in [9.17, 15) is 9.18 Å². The Labute approximate surface area is 102 Å². The zero-order valence-electron chi connectivity index (χ0n) is 9.07. The zero-order chi connectivity index (χ0) is 12.3. The molecule has 2 rings (SSSR count). The van der Waals surface area contributed by atoms with Crippen LogP contribution in [0.4, 0.5) is 10.1 Å². The van der Waals surface area contributed by atoms with Crippen molar-refractivity contribution in [3.8, 4) is 5.75 Å². The van der Waals surface area contributed by atoms with Crippen molar-refractivity contribution >= 4 is 22.9 Å². The lowest BCUT2D eigenvalue weighted by Gasteiger charge is -2.09. The van der Waals surface area contributed by atoms with Crippen LogP contribution >= 0.6 is 11.3 Å². The summed E-state index contributed by atoms with van der Waals surface area (Å²) in [6.07, 6.45) is 0. The third-order valence-electron chi connectivity index (χ3n) is 2.20. The lowest BCUT2D eigenvalue weighted by molar-refractivity contribution is 0.102. The fourth-order valence-corrected chi connectivity index (χ4v) is 1.99. The molecule has 2 aromatic rings. The molecular formula is C12H10FNO2S. The van der Waals surface area contributed by atoms with Gasteiger partial charge in [-0.15, -0.1) is 0 Å². The average molecular weight is 251 g/mol. The summed E-state index contributed by atoms with van der Waals surface area (Å²) in [6, 6.07) is 5.68. The summed E-state index contributed by atoms with van der Waals surface area (Å²) in [5.41, 5.74) is 1.02. The fraction of sp³-hybridized carbons (Fsp3) is 0.0833. The summed E-state index contributed by atoms with van der Waals surface area (Å²) in [5, 5.41) is 6.22. The Hall–Kier alpha value is -1.88. The topological polar surface area (TPSA) is 38.3 Å². The molecule has 1 aromatic heterocycles. The number of anilines is 1. The largest absolute Gasteiger partial charge is 0.494 e. The lowest BCUT2D eigenvalue weighted by Crippen LogP contribution is -2.11. The van der Waals surface area contributed by atoms with E-state index in [2.05, 4.69) is 5.32 Å². The predicted molar refractivity (Wildman–Crippen MR) is 65.2 cm³/mol. The van der Waals surface area contributed by atoms with Crippen molar-refractivity contribution in [3.63, 3.8) is 0 Å². The number of rotatable bonds is 3. The van der Waals surface area contributed by atoms with E-state index >= 15 is 0 Å². The van der Waals surface area contributed by atoms with Crippen LogP contribution in [0.2, 0.25) is 0 Å². The number of methoxy groups -OCH3 is 1. The molecule has 5 heteroatoms. The zero-order valence-corrected chi connectivity index (χ0v) is 9.88. The summed E-state index contributed by atoms with van der Waals surface area (Å²) < 4.78 is 17.9. The van der Waals surface area contributed by atoms with Crippen LogP contribution in [0.1, 0.15) is 10.4 Å². The van der Waals surface area contributed by atoms with Gasteiger partial charge in [0.1, 0.15) is 11.6 Å². The summed E-state index contributed by atoms with van der Waals surface area (Å²) in [7, 11) is 1.43. The number of benzene rings is 1. The molecule has 0 spiro atoms. The Morgan fingerprint density at radius 3 is 2.88 bits per heavy atom. The van der Waals surface area contributed by atoms with Crippen LogP contribution in [0.3, 0.4) is 0 Å². The molecule has 0 atom stereocenters. The molecule has 0 fully saturated rings. The Morgan fingerprint density at radius 1 is 1.41 bits per heavy atom. The number of halogens is 1. The van der Waals surface area contributed by atoms with Gasteiger partial charge in [0.15, 0.2) is 0 Å². The Morgan fingerprint density at radius 2 is 2.24 bits per heavy atom. The number of amides is 1. The average Bonchev–Trinajstić information content (AvgIpc) is 2.85. The van der Waals surface area contributed by atoms with Crippen LogP contribution in [0, 0.1) is 5.82 Å². The second kappa shape index (κ2) is 4.97. The number of carbonyl (C=O) groups excluding carboxylic acids is 1. The van der Waals surface area contributed by atoms with Crippen LogP contribution in [0.5, 0.6) is 5.75 Å². The molecule has 0 radical (unpaired) electrons. The van der Waals surface area contributed by atoms with Gasteiger partial charge in [-0.2, -0.15) is 11.3 Å². The van der Waals surface area contributed by atoms with E-state index in [4.69, 9.17) is 4.74 Å². The molecule has 17 heavy (non-hydrogen) atoms. The van der Waals surface area contributed by atoms with E-state index in [1.165, 1.54) is 36.6 Å². The van der Waals surface area contributed by atoms with Crippen molar-refractivity contribution in [2.45, 2.75) is 0 Å². The van der Waals surface area contributed by atoms with Gasteiger partial charge in [-0.3, -0.25) is 4.79 Å². The summed E-state index contributed by atoms with van der Waals surface area (Å²) in [6.45, 7) is 0. The third-order valence-corrected chi connectivity index (χ3v) is 2.88. The first-order chi connectivity index (χ1) is 8.20. The highest BCUT2D eigenvalue weighted by Gasteiger charge is 2.10. The van der Waals surface area contributed by atoms with Gasteiger partial charge < -0.3 is 10.1 Å². The third kappa shape index (κ3) is 2.62. The molecule has 0 aliphatic carbocycles. The van der Waals surface area contributed by atoms with Gasteiger partial charge >= 0.3 is 0 Å². The summed E-state index contributed by atoms with van der Waals surface area (Å²) in [5.74, 6) is -0.347. The number of carbonyl (C=O) groups is 1. The van der Waals surface area contributed by atoms with Gasteiger partial charge in [-0.05, 0) is 23.6 Å². The Kier molecular flexibility index (Phi) is 3.39. The molecule has 0 aliphatic heterocycles. The number of ether oxygens (including phenoxy) is 1. The maximum absolute atomic E-state index is 13.0. The minimum Gasteiger partial charge on any atom is -0.494 e. The molecule has 0 bridgehead atoms. The number of hydrogen-bond acceptors (Lipinski definition) is 3. The van der Waals surface area contributed by atoms with Crippen LogP contribution in [0.25, 0.3) is 0 Å². The highest BCUT2D eigenvalue weighted by molar-refractivity contribution is 7.08. The van der Waals surface area contributed by atoms with Crippen LogP contribution < -0.4 is 10.1 Å². The Bertz CT molecular complexity index is 525. The molecular weight excluding hydrogens is 241 g/mol. The van der Waals surface area contributed by atoms with Crippen molar-refractivity contribution in [1.82, 2.24) is 0 Å². The fourth-order valence-electron chi connectivity index (χ4n) is 1.36. The van der Waals surface area contributed by atoms with Crippen LogP contribution in [-0.4, -0.2) is 13.0 Å². The molecule has 88 valence electrons. The van der Waals surface area contributed by atoms with Crippen molar-refractivity contribution in [1.29, 1.82) is 0 Å². The first-order valence-corrected chi connectivity index (χ1v) is 5.82. The molecule has 1 amide bonds. The first kappa shape index (κ1) is 11.6. The monoisotopic (exact) mass is 251 g/mol. The minimum absolute atomic E-state index is 0.240. The summed E-state index contributed by atoms with van der Waals surface area (Å²) in [4.78, 5) is 11.8. The first-order valence-electron chi connectivity index (χ1n) is 4.88. The van der Waals surface area contributed by atoms with Gasteiger partial charge in [0, 0.05) is 11.4 Å². The van der Waals surface area contributed by atoms with Crippen molar-refractivity contribution in [2.75, 3.05) is 12.4 Å². The number of nitrogens with one attached hydrogen (secondary N) is 1. The van der Waals surface area contributed by atoms with Gasteiger partial charge in [0.25, 0.3) is 5.91 Å². The summed E-state index contributed by atoms with van der Waals surface area (Å²) >= 11 is 1.44. The van der Waals surface area contributed by atoms with Crippen molar-refractivity contribution in [2.24, 2.45) is 0 Å². The number of thiophene rings is 1. The van der Waals surface area contributed by atoms with E-state index in [0.717, 1.165) is 0 Å². The van der Waals surface area contributed by atoms with E-state index in [-0.39, 0.29) is 5.91 Å². The molecule has 1 N–H and O–H groups in total. The van der Waals surface area contributed by atoms with Gasteiger partial charge in [-0.1, -0.05) is 0 Å². The maximum Gasteiger partial charge on any atom is 0.256 e. The van der Waals surface area contributed by atoms with Crippen molar-refractivity contribution < 1.29 is 13.9 Å². The molecule has 3 nitrogen and oxygen atoms in total. The maximum atomic E-state index is 13.0. The molecule has 0 unspecified atom stereocenters. The van der Waals surface area contributed by atoms with Gasteiger partial charge in [0.05, 0.1) is 18.4 Å². The van der Waals surface area contributed by atoms with Crippen LogP contribution in [-0.2, 0) is 0 Å². The highest BCUT2D eigenvalue weighted by Crippen LogP contribution is 2.25. The Balaban J connectivity index is 2.21. The number of hydrogen-bond donors (Lipinski definition) is 1. The normalized spacial score (nSPS) is 10.0. The standard InChI is InChI=1S/C12H10FNO2S/c1-16-11-6-9(13)2-3-10(11)14-12(15)8-4-5-17-7-8/h2-7H,1H3,(H,14,15). The molecule has 1 aromatic carbocycles. The molecule has 1 heterocycles. The lowest BCUT2D eigenvalue weighted by atomic mass is 10.2. The van der Waals surface area contributed by atoms with Crippen LogP contribution in [0.15, 0.2) is 35.0 Å². The van der Waals surface area contributed by atoms with E-state index in [0.29, 0.717) is 17.0 Å². The molecule has 0 saturated heterocycles. The second-order valence-corrected chi connectivity index (χ2v) is 4.09. The van der Waals surface area contributed by atoms with E-state index < -0.39 is 5.82 Å².